The Labute approximate surface area is 214 Å². The Morgan fingerprint density at radius 1 is 0.861 bits per heavy atom. The second-order valence-electron chi connectivity index (χ2n) is 7.69. The average Bonchev–Trinajstić information content (AvgIpc) is 2.90. The molecule has 4 aromatic rings. The minimum Gasteiger partial charge on any atom is -0.495 e. The van der Waals surface area contributed by atoms with Gasteiger partial charge in [-0.25, -0.2) is 13.1 Å². The maximum atomic E-state index is 13.1. The number of ether oxygens (including phenoxy) is 2. The van der Waals surface area contributed by atoms with Crippen LogP contribution in [0.25, 0.3) is 0 Å². The minimum absolute atomic E-state index is 0.0887. The summed E-state index contributed by atoms with van der Waals surface area (Å²) in [6.07, 6.45) is 0. The largest absolute Gasteiger partial charge is 0.495 e. The van der Waals surface area contributed by atoms with Crippen molar-refractivity contribution in [3.63, 3.8) is 0 Å². The molecule has 0 radical (unpaired) electrons. The molecule has 0 aliphatic rings. The predicted octanol–water partition coefficient (Wildman–Crippen LogP) is 5.87. The fraction of sp³-hybridized carbons (Fsp3) is 0.0741. The number of amides is 1. The van der Waals surface area contributed by atoms with Crippen molar-refractivity contribution in [1.82, 2.24) is 4.72 Å². The van der Waals surface area contributed by atoms with Gasteiger partial charge in [0.1, 0.15) is 16.4 Å². The van der Waals surface area contributed by atoms with E-state index in [0.717, 1.165) is 5.56 Å². The van der Waals surface area contributed by atoms with Gasteiger partial charge in [0.25, 0.3) is 5.91 Å². The first kappa shape index (κ1) is 25.2. The Morgan fingerprint density at radius 2 is 1.53 bits per heavy atom. The number of halogens is 1. The Kier molecular flexibility index (Phi) is 7.90. The van der Waals surface area contributed by atoms with E-state index in [2.05, 4.69) is 10.0 Å². The van der Waals surface area contributed by atoms with Crippen molar-refractivity contribution < 1.29 is 22.7 Å². The van der Waals surface area contributed by atoms with Crippen LogP contribution in [0.5, 0.6) is 17.2 Å². The van der Waals surface area contributed by atoms with Gasteiger partial charge in [0.2, 0.25) is 10.0 Å². The van der Waals surface area contributed by atoms with E-state index in [-0.39, 0.29) is 22.8 Å². The molecule has 4 aromatic carbocycles. The van der Waals surface area contributed by atoms with Crippen molar-refractivity contribution >= 4 is 33.2 Å². The molecule has 2 N–H and O–H groups in total. The van der Waals surface area contributed by atoms with E-state index in [4.69, 9.17) is 21.1 Å². The fourth-order valence-electron chi connectivity index (χ4n) is 3.38. The van der Waals surface area contributed by atoms with Crippen LogP contribution in [0.2, 0.25) is 5.02 Å². The summed E-state index contributed by atoms with van der Waals surface area (Å²) in [5, 5.41) is 3.15. The first-order chi connectivity index (χ1) is 17.4. The molecular weight excluding hydrogens is 500 g/mol. The lowest BCUT2D eigenvalue weighted by Crippen LogP contribution is -2.24. The third-order valence-corrected chi connectivity index (χ3v) is 6.84. The molecule has 0 unspecified atom stereocenters. The Hall–Kier alpha value is -3.85. The molecule has 0 aromatic heterocycles. The van der Waals surface area contributed by atoms with E-state index in [1.807, 2.05) is 48.5 Å². The van der Waals surface area contributed by atoms with Crippen molar-refractivity contribution in [3.05, 3.63) is 113 Å². The molecule has 7 nitrogen and oxygen atoms in total. The molecule has 0 fully saturated rings. The van der Waals surface area contributed by atoms with Gasteiger partial charge in [-0.3, -0.25) is 4.79 Å². The summed E-state index contributed by atoms with van der Waals surface area (Å²) in [5.74, 6) is 0.530. The molecule has 0 saturated heterocycles. The van der Waals surface area contributed by atoms with Gasteiger partial charge in [0.05, 0.1) is 12.8 Å². The van der Waals surface area contributed by atoms with Gasteiger partial charge in [-0.2, -0.15) is 0 Å². The van der Waals surface area contributed by atoms with Gasteiger partial charge < -0.3 is 14.8 Å². The summed E-state index contributed by atoms with van der Waals surface area (Å²) in [4.78, 5) is 13.0. The van der Waals surface area contributed by atoms with Crippen LogP contribution in [0, 0.1) is 0 Å². The molecule has 0 atom stereocenters. The molecule has 0 bridgehead atoms. The average molecular weight is 523 g/mol. The van der Waals surface area contributed by atoms with Crippen molar-refractivity contribution in [2.45, 2.75) is 11.4 Å². The number of benzene rings is 4. The van der Waals surface area contributed by atoms with Gasteiger partial charge in [-0.1, -0.05) is 60.1 Å². The Balaban J connectivity index is 1.59. The molecule has 0 saturated carbocycles. The fourth-order valence-corrected chi connectivity index (χ4v) is 4.76. The minimum atomic E-state index is -3.99. The second kappa shape index (κ2) is 11.3. The molecule has 36 heavy (non-hydrogen) atoms. The van der Waals surface area contributed by atoms with Crippen LogP contribution in [0.4, 0.5) is 5.69 Å². The van der Waals surface area contributed by atoms with E-state index >= 15 is 0 Å². The second-order valence-corrected chi connectivity index (χ2v) is 9.86. The molecule has 1 amide bonds. The number of anilines is 1. The van der Waals surface area contributed by atoms with E-state index in [1.54, 1.807) is 30.3 Å². The van der Waals surface area contributed by atoms with Gasteiger partial charge in [0, 0.05) is 17.1 Å². The van der Waals surface area contributed by atoms with Crippen LogP contribution in [0.1, 0.15) is 15.9 Å². The molecule has 184 valence electrons. The van der Waals surface area contributed by atoms with Crippen LogP contribution in [-0.2, 0) is 16.6 Å². The monoisotopic (exact) mass is 522 g/mol. The molecule has 0 spiro atoms. The quantitative estimate of drug-likeness (QED) is 0.286. The van der Waals surface area contributed by atoms with Gasteiger partial charge in [-0.15, -0.1) is 0 Å². The molecule has 9 heteroatoms. The Morgan fingerprint density at radius 3 is 2.22 bits per heavy atom. The number of nitrogens with one attached hydrogen (secondary N) is 2. The van der Waals surface area contributed by atoms with Crippen molar-refractivity contribution in [1.29, 1.82) is 0 Å². The van der Waals surface area contributed by atoms with Crippen molar-refractivity contribution in [3.8, 4) is 17.2 Å². The molecule has 4 rings (SSSR count). The van der Waals surface area contributed by atoms with Crippen molar-refractivity contribution in [2.24, 2.45) is 0 Å². The third kappa shape index (κ3) is 6.23. The Bertz CT molecular complexity index is 1460. The number of sulfonamides is 1. The maximum Gasteiger partial charge on any atom is 0.255 e. The summed E-state index contributed by atoms with van der Waals surface area (Å²) in [5.41, 5.74) is 1.24. The first-order valence-electron chi connectivity index (χ1n) is 10.9. The maximum absolute atomic E-state index is 13.1. The lowest BCUT2D eigenvalue weighted by Gasteiger charge is -2.15. The SMILES string of the molecule is COc1ccc(C(=O)Nc2cc(Cl)ccc2Oc2ccccc2)cc1S(=O)(=O)NCc1ccccc1. The number of carbonyl (C=O) groups excluding carboxylic acids is 1. The zero-order chi connectivity index (χ0) is 25.5. The zero-order valence-electron chi connectivity index (χ0n) is 19.3. The molecule has 0 heterocycles. The van der Waals surface area contributed by atoms with Gasteiger partial charge in [-0.05, 0) is 54.1 Å². The summed E-state index contributed by atoms with van der Waals surface area (Å²) >= 11 is 6.15. The zero-order valence-corrected chi connectivity index (χ0v) is 20.8. The number of rotatable bonds is 9. The van der Waals surface area contributed by atoms with Crippen LogP contribution in [0.15, 0.2) is 102 Å². The number of para-hydroxylation sites is 1. The summed E-state index contributed by atoms with van der Waals surface area (Å²) in [6.45, 7) is 0.0887. The standard InChI is InChI=1S/C27H23ClN2O5S/c1-34-25-14-12-20(16-26(25)36(32,33)29-18-19-8-4-2-5-9-19)27(31)30-23-17-21(28)13-15-24(23)35-22-10-6-3-7-11-22/h2-17,29H,18H2,1H3,(H,30,31). The number of methoxy groups -OCH3 is 1. The summed E-state index contributed by atoms with van der Waals surface area (Å²) in [6, 6.07) is 27.2. The topological polar surface area (TPSA) is 93.7 Å². The number of carbonyl (C=O) groups is 1. The lowest BCUT2D eigenvalue weighted by molar-refractivity contribution is 0.102. The summed E-state index contributed by atoms with van der Waals surface area (Å²) in [7, 11) is -2.62. The van der Waals surface area contributed by atoms with Gasteiger partial charge >= 0.3 is 0 Å². The smallest absolute Gasteiger partial charge is 0.255 e. The van der Waals surface area contributed by atoms with E-state index in [0.29, 0.717) is 22.2 Å². The summed E-state index contributed by atoms with van der Waals surface area (Å²) < 4.78 is 39.8. The van der Waals surface area contributed by atoms with Crippen LogP contribution >= 0.6 is 11.6 Å². The molecule has 0 aliphatic heterocycles. The van der Waals surface area contributed by atoms with Crippen molar-refractivity contribution in [2.75, 3.05) is 12.4 Å². The van der Waals surface area contributed by atoms with Crippen LogP contribution < -0.4 is 19.5 Å². The highest BCUT2D eigenvalue weighted by Gasteiger charge is 2.22. The molecule has 0 aliphatic carbocycles. The van der Waals surface area contributed by atoms with Crippen LogP contribution in [-0.4, -0.2) is 21.4 Å². The number of hydrogen-bond acceptors (Lipinski definition) is 5. The van der Waals surface area contributed by atoms with Gasteiger partial charge in [0.15, 0.2) is 5.75 Å². The van der Waals surface area contributed by atoms with E-state index in [1.165, 1.54) is 25.3 Å². The highest BCUT2D eigenvalue weighted by Crippen LogP contribution is 2.33. The predicted molar refractivity (Wildman–Crippen MR) is 139 cm³/mol. The first-order valence-corrected chi connectivity index (χ1v) is 12.8. The third-order valence-electron chi connectivity index (χ3n) is 5.19. The normalized spacial score (nSPS) is 11.1. The highest BCUT2D eigenvalue weighted by atomic mass is 35.5. The van der Waals surface area contributed by atoms with Crippen LogP contribution in [0.3, 0.4) is 0 Å². The van der Waals surface area contributed by atoms with E-state index in [9.17, 15) is 13.2 Å². The number of hydrogen-bond donors (Lipinski definition) is 2. The highest BCUT2D eigenvalue weighted by molar-refractivity contribution is 7.89. The molecular formula is C27H23ClN2O5S. The lowest BCUT2D eigenvalue weighted by atomic mass is 10.2. The van der Waals surface area contributed by atoms with E-state index < -0.39 is 15.9 Å².